The molecule has 0 spiro atoms. The fourth-order valence-electron chi connectivity index (χ4n) is 4.37. The van der Waals surface area contributed by atoms with Crippen LogP contribution in [0.3, 0.4) is 0 Å². The molecule has 1 aliphatic heterocycles. The van der Waals surface area contributed by atoms with E-state index in [0.717, 1.165) is 0 Å². The van der Waals surface area contributed by atoms with E-state index in [1.54, 1.807) is 53.4 Å². The molecular formula is C25H25ClF6N4O3. The van der Waals surface area contributed by atoms with E-state index < -0.39 is 73.6 Å². The number of para-hydroxylation sites is 2. The van der Waals surface area contributed by atoms with Gasteiger partial charge in [-0.3, -0.25) is 14.4 Å². The first-order valence-electron chi connectivity index (χ1n) is 11.8. The Balaban J connectivity index is 1.92. The molecule has 0 aliphatic carbocycles. The number of carbonyl (C=O) groups excluding carboxylic acids is 3. The molecule has 2 aromatic carbocycles. The average molecular weight is 579 g/mol. The van der Waals surface area contributed by atoms with Crippen molar-refractivity contribution in [3.8, 4) is 0 Å². The molecule has 4 N–H and O–H groups in total. The lowest BCUT2D eigenvalue weighted by Crippen LogP contribution is -2.52. The van der Waals surface area contributed by atoms with Gasteiger partial charge in [0, 0.05) is 35.4 Å². The number of fused-ring (bicyclic) bond motifs is 1. The summed E-state index contributed by atoms with van der Waals surface area (Å²) in [6.07, 6.45) is -14.5. The van der Waals surface area contributed by atoms with Crippen molar-refractivity contribution < 1.29 is 40.7 Å². The van der Waals surface area contributed by atoms with E-state index in [1.165, 1.54) is 0 Å². The van der Waals surface area contributed by atoms with Crippen molar-refractivity contribution in [3.05, 3.63) is 53.6 Å². The van der Waals surface area contributed by atoms with Crippen molar-refractivity contribution >= 4 is 46.4 Å². The average Bonchev–Trinajstić information content (AvgIpc) is 2.95. The predicted octanol–water partition coefficient (Wildman–Crippen LogP) is 5.32. The molecule has 1 aliphatic rings. The maximum Gasteiger partial charge on any atom is 0.389 e. The van der Waals surface area contributed by atoms with E-state index in [1.807, 2.05) is 0 Å². The number of rotatable bonds is 9. The van der Waals surface area contributed by atoms with Gasteiger partial charge in [-0.15, -0.1) is 0 Å². The van der Waals surface area contributed by atoms with Crippen LogP contribution in [0, 0.1) is 11.8 Å². The quantitative estimate of drug-likeness (QED) is 0.350. The topological polar surface area (TPSA) is 105 Å². The molecule has 0 fully saturated rings. The molecule has 3 amide bonds. The van der Waals surface area contributed by atoms with E-state index in [-0.39, 0.29) is 6.54 Å². The van der Waals surface area contributed by atoms with Crippen molar-refractivity contribution in [1.29, 1.82) is 0 Å². The van der Waals surface area contributed by atoms with Crippen LogP contribution in [0.15, 0.2) is 48.5 Å². The van der Waals surface area contributed by atoms with Gasteiger partial charge >= 0.3 is 12.4 Å². The molecular weight excluding hydrogens is 554 g/mol. The number of halogens is 7. The highest BCUT2D eigenvalue weighted by Gasteiger charge is 2.41. The number of hydrogen-bond acceptors (Lipinski definition) is 4. The molecule has 7 nitrogen and oxygen atoms in total. The van der Waals surface area contributed by atoms with Gasteiger partial charge in [0.05, 0.1) is 17.9 Å². The Hall–Kier alpha value is -3.48. The zero-order valence-electron chi connectivity index (χ0n) is 20.3. The molecule has 3 rings (SSSR count). The number of nitrogens with one attached hydrogen (secondary N) is 2. The molecule has 2 unspecified atom stereocenters. The molecule has 0 bridgehead atoms. The molecule has 14 heteroatoms. The molecule has 3 atom stereocenters. The molecule has 2 aromatic rings. The number of nitrogens with zero attached hydrogens (tertiary/aromatic N) is 1. The van der Waals surface area contributed by atoms with Crippen LogP contribution in [0.2, 0.25) is 5.02 Å². The van der Waals surface area contributed by atoms with Gasteiger partial charge in [-0.1, -0.05) is 29.8 Å². The molecule has 39 heavy (non-hydrogen) atoms. The van der Waals surface area contributed by atoms with Gasteiger partial charge < -0.3 is 21.3 Å². The van der Waals surface area contributed by atoms with Gasteiger partial charge in [0.2, 0.25) is 17.7 Å². The van der Waals surface area contributed by atoms with Gasteiger partial charge in [-0.05, 0) is 43.2 Å². The lowest BCUT2D eigenvalue weighted by molar-refractivity contribution is -0.152. The minimum absolute atomic E-state index is 0.204. The Bertz CT molecular complexity index is 1210. The smallest absolute Gasteiger partial charge is 0.369 e. The lowest BCUT2D eigenvalue weighted by Gasteiger charge is -2.29. The SMILES string of the molecule is NC(=O)C(CCC(F)(F)F)C(CCC(F)(F)F)C(=O)N[C@H]1CN(c2cccc(Cl)c2)c2ccccc2NC1=O. The second kappa shape index (κ2) is 12.1. The second-order valence-electron chi connectivity index (χ2n) is 9.08. The number of alkyl halides is 6. The Morgan fingerprint density at radius 3 is 2.21 bits per heavy atom. The summed E-state index contributed by atoms with van der Waals surface area (Å²) in [7, 11) is 0. The fourth-order valence-corrected chi connectivity index (χ4v) is 4.56. The highest BCUT2D eigenvalue weighted by Crippen LogP contribution is 2.36. The first-order chi connectivity index (χ1) is 18.1. The van der Waals surface area contributed by atoms with Crippen molar-refractivity contribution in [2.24, 2.45) is 17.6 Å². The standard InChI is InChI=1S/C25H25ClF6N4O3/c26-14-4-3-5-15(12-14)36-13-19(23(39)34-18-6-1-2-7-20(18)36)35-22(38)17(9-11-25(30,31)32)16(21(33)37)8-10-24(27,28)29/h1-7,12,16-17,19H,8-11,13H2,(H2,33,37)(H,34,39)(H,35,38)/t16?,17?,19-/m0/s1. The van der Waals surface area contributed by atoms with Crippen LogP contribution in [0.5, 0.6) is 0 Å². The molecule has 1 heterocycles. The van der Waals surface area contributed by atoms with Gasteiger partial charge in [0.15, 0.2) is 0 Å². The Kier molecular flexibility index (Phi) is 9.36. The number of amides is 3. The largest absolute Gasteiger partial charge is 0.389 e. The highest BCUT2D eigenvalue weighted by molar-refractivity contribution is 6.30. The summed E-state index contributed by atoms with van der Waals surface area (Å²) >= 11 is 6.13. The number of nitrogens with two attached hydrogens (primary N) is 1. The minimum atomic E-state index is -4.75. The van der Waals surface area contributed by atoms with Gasteiger partial charge in [0.1, 0.15) is 6.04 Å². The maximum atomic E-state index is 13.2. The third-order valence-electron chi connectivity index (χ3n) is 6.24. The van der Waals surface area contributed by atoms with Gasteiger partial charge in [-0.25, -0.2) is 0 Å². The Labute approximate surface area is 224 Å². The predicted molar refractivity (Wildman–Crippen MR) is 132 cm³/mol. The third kappa shape index (κ3) is 8.50. The lowest BCUT2D eigenvalue weighted by atomic mass is 9.83. The maximum absolute atomic E-state index is 13.2. The van der Waals surface area contributed by atoms with Crippen LogP contribution in [0.25, 0.3) is 0 Å². The number of hydrogen-bond donors (Lipinski definition) is 3. The van der Waals surface area contributed by atoms with Crippen LogP contribution >= 0.6 is 11.6 Å². The summed E-state index contributed by atoms with van der Waals surface area (Å²) in [5, 5.41) is 5.35. The first kappa shape index (κ1) is 30.1. The minimum Gasteiger partial charge on any atom is -0.369 e. The van der Waals surface area contributed by atoms with Crippen LogP contribution in [0.4, 0.5) is 43.4 Å². The number of anilines is 3. The summed E-state index contributed by atoms with van der Waals surface area (Å²) in [5.74, 6) is -6.96. The molecule has 0 radical (unpaired) electrons. The monoisotopic (exact) mass is 578 g/mol. The summed E-state index contributed by atoms with van der Waals surface area (Å²) in [5.41, 5.74) is 6.65. The zero-order chi connectivity index (χ0) is 29.0. The van der Waals surface area contributed by atoms with E-state index in [2.05, 4.69) is 10.6 Å². The van der Waals surface area contributed by atoms with Crippen LogP contribution < -0.4 is 21.3 Å². The molecule has 0 saturated carbocycles. The van der Waals surface area contributed by atoms with Crippen molar-refractivity contribution in [1.82, 2.24) is 5.32 Å². The van der Waals surface area contributed by atoms with E-state index in [4.69, 9.17) is 17.3 Å². The van der Waals surface area contributed by atoms with Crippen LogP contribution in [-0.4, -0.2) is 42.7 Å². The first-order valence-corrected chi connectivity index (χ1v) is 12.2. The molecule has 212 valence electrons. The second-order valence-corrected chi connectivity index (χ2v) is 9.52. The van der Waals surface area contributed by atoms with Crippen molar-refractivity contribution in [3.63, 3.8) is 0 Å². The molecule has 0 saturated heterocycles. The third-order valence-corrected chi connectivity index (χ3v) is 6.47. The van der Waals surface area contributed by atoms with Gasteiger partial charge in [-0.2, -0.15) is 26.3 Å². The van der Waals surface area contributed by atoms with Crippen LogP contribution in [-0.2, 0) is 14.4 Å². The summed E-state index contributed by atoms with van der Waals surface area (Å²) in [6, 6.07) is 11.8. The molecule has 0 aromatic heterocycles. The summed E-state index contributed by atoms with van der Waals surface area (Å²) < 4.78 is 77.6. The van der Waals surface area contributed by atoms with Crippen LogP contribution in [0.1, 0.15) is 25.7 Å². The van der Waals surface area contributed by atoms with Crippen molar-refractivity contribution in [2.45, 2.75) is 44.1 Å². The van der Waals surface area contributed by atoms with E-state index >= 15 is 0 Å². The van der Waals surface area contributed by atoms with E-state index in [0.29, 0.717) is 22.1 Å². The number of benzene rings is 2. The summed E-state index contributed by atoms with van der Waals surface area (Å²) in [4.78, 5) is 40.0. The Morgan fingerprint density at radius 1 is 1.00 bits per heavy atom. The number of carbonyl (C=O) groups is 3. The van der Waals surface area contributed by atoms with E-state index in [9.17, 15) is 40.7 Å². The summed E-state index contributed by atoms with van der Waals surface area (Å²) in [6.45, 7) is -0.204. The zero-order valence-corrected chi connectivity index (χ0v) is 21.0. The highest BCUT2D eigenvalue weighted by atomic mass is 35.5. The Morgan fingerprint density at radius 2 is 1.62 bits per heavy atom. The van der Waals surface area contributed by atoms with Gasteiger partial charge in [0.25, 0.3) is 0 Å². The number of primary amides is 1. The fraction of sp³-hybridized carbons (Fsp3) is 0.400. The van der Waals surface area contributed by atoms with Crippen molar-refractivity contribution in [2.75, 3.05) is 16.8 Å². The normalized spacial score (nSPS) is 17.5.